The maximum Gasteiger partial charge on any atom is 0.242 e. The van der Waals surface area contributed by atoms with Gasteiger partial charge in [-0.15, -0.1) is 5.10 Å². The van der Waals surface area contributed by atoms with Gasteiger partial charge in [0.2, 0.25) is 5.88 Å². The maximum absolute atomic E-state index is 6.14. The molecule has 120 valence electrons. The molecule has 1 unspecified atom stereocenters. The topological polar surface area (TPSA) is 38.2 Å². The van der Waals surface area contributed by atoms with Crippen LogP contribution in [0.4, 0.5) is 0 Å². The number of fused-ring (bicyclic) bond motifs is 1. The lowest BCUT2D eigenvalue weighted by atomic mass is 10.2. The van der Waals surface area contributed by atoms with E-state index in [1.165, 1.54) is 25.7 Å². The van der Waals surface area contributed by atoms with Crippen LogP contribution in [-0.4, -0.2) is 34.4 Å². The summed E-state index contributed by atoms with van der Waals surface area (Å²) in [7, 11) is 0. The van der Waals surface area contributed by atoms with Gasteiger partial charge >= 0.3 is 0 Å². The Kier molecular flexibility index (Phi) is 6.59. The number of hydrogen-bond acceptors (Lipinski definition) is 4. The second-order valence-corrected chi connectivity index (χ2v) is 5.70. The first-order valence-corrected chi connectivity index (χ1v) is 8.37. The second kappa shape index (κ2) is 8.69. The van der Waals surface area contributed by atoms with E-state index >= 15 is 0 Å². The number of hydrogen-bond donors (Lipinski definition) is 0. The molecule has 0 radical (unpaired) electrons. The van der Waals surface area contributed by atoms with E-state index in [4.69, 9.17) is 4.74 Å². The van der Waals surface area contributed by atoms with Crippen LogP contribution in [0.25, 0.3) is 10.8 Å². The summed E-state index contributed by atoms with van der Waals surface area (Å²) >= 11 is 0. The van der Waals surface area contributed by atoms with E-state index < -0.39 is 0 Å². The molecular weight excluding hydrogens is 274 g/mol. The van der Waals surface area contributed by atoms with Crippen molar-refractivity contribution in [2.75, 3.05) is 13.1 Å². The van der Waals surface area contributed by atoms with Gasteiger partial charge in [0.05, 0.1) is 6.20 Å². The highest BCUT2D eigenvalue weighted by atomic mass is 16.5. The minimum Gasteiger partial charge on any atom is -0.457 e. The van der Waals surface area contributed by atoms with Crippen molar-refractivity contribution in [1.82, 2.24) is 15.1 Å². The van der Waals surface area contributed by atoms with E-state index in [0.717, 1.165) is 23.9 Å². The van der Waals surface area contributed by atoms with Gasteiger partial charge in [-0.2, -0.15) is 5.10 Å². The van der Waals surface area contributed by atoms with Crippen LogP contribution in [0.1, 0.15) is 46.5 Å². The minimum absolute atomic E-state index is 0.0122. The van der Waals surface area contributed by atoms with Gasteiger partial charge in [-0.3, -0.25) is 4.90 Å². The third-order valence-corrected chi connectivity index (χ3v) is 3.93. The van der Waals surface area contributed by atoms with Gasteiger partial charge in [0.1, 0.15) is 0 Å². The monoisotopic (exact) mass is 301 g/mol. The van der Waals surface area contributed by atoms with Gasteiger partial charge in [-0.25, -0.2) is 0 Å². The fourth-order valence-corrected chi connectivity index (χ4v) is 2.52. The van der Waals surface area contributed by atoms with Crippen molar-refractivity contribution in [2.24, 2.45) is 0 Å². The molecule has 22 heavy (non-hydrogen) atoms. The second-order valence-electron chi connectivity index (χ2n) is 5.70. The fraction of sp³-hybridized carbons (Fsp3) is 0.556. The summed E-state index contributed by atoms with van der Waals surface area (Å²) < 4.78 is 6.14. The number of unbranched alkanes of at least 4 members (excludes halogenated alkanes) is 2. The zero-order chi connectivity index (χ0) is 15.8. The molecule has 0 aliphatic rings. The Morgan fingerprint density at radius 2 is 1.77 bits per heavy atom. The van der Waals surface area contributed by atoms with Gasteiger partial charge in [0.15, 0.2) is 6.23 Å². The van der Waals surface area contributed by atoms with Crippen molar-refractivity contribution in [3.63, 3.8) is 0 Å². The molecule has 0 saturated heterocycles. The van der Waals surface area contributed by atoms with Gasteiger partial charge in [-0.05, 0) is 25.8 Å². The smallest absolute Gasteiger partial charge is 0.242 e. The molecule has 0 spiro atoms. The van der Waals surface area contributed by atoms with Crippen molar-refractivity contribution in [3.05, 3.63) is 30.5 Å². The first kappa shape index (κ1) is 16.7. The minimum atomic E-state index is 0.0122. The summed E-state index contributed by atoms with van der Waals surface area (Å²) in [6, 6.07) is 8.08. The van der Waals surface area contributed by atoms with E-state index in [1.54, 1.807) is 6.20 Å². The van der Waals surface area contributed by atoms with E-state index in [1.807, 2.05) is 24.3 Å². The SMILES string of the molecule is CCCCN(CCCC)C(C)Oc1nncc2ccccc12. The summed E-state index contributed by atoms with van der Waals surface area (Å²) in [6.45, 7) is 8.68. The van der Waals surface area contributed by atoms with Gasteiger partial charge < -0.3 is 4.74 Å². The highest BCUT2D eigenvalue weighted by molar-refractivity contribution is 5.85. The number of rotatable bonds is 9. The molecule has 0 fully saturated rings. The maximum atomic E-state index is 6.14. The van der Waals surface area contributed by atoms with Crippen molar-refractivity contribution in [1.29, 1.82) is 0 Å². The molecule has 0 amide bonds. The lowest BCUT2D eigenvalue weighted by molar-refractivity contribution is 0.0346. The first-order chi connectivity index (χ1) is 10.8. The van der Waals surface area contributed by atoms with Crippen LogP contribution in [0, 0.1) is 0 Å². The molecule has 1 atom stereocenters. The molecule has 0 N–H and O–H groups in total. The molecule has 4 heteroatoms. The average molecular weight is 301 g/mol. The number of ether oxygens (including phenoxy) is 1. The van der Waals surface area contributed by atoms with E-state index in [9.17, 15) is 0 Å². The van der Waals surface area contributed by atoms with Crippen molar-refractivity contribution >= 4 is 10.8 Å². The standard InChI is InChI=1S/C18H27N3O/c1-4-6-12-21(13-7-5-2)15(3)22-18-17-11-9-8-10-16(17)14-19-20-18/h8-11,14-15H,4-7,12-13H2,1-3H3. The normalized spacial score (nSPS) is 12.7. The van der Waals surface area contributed by atoms with Crippen molar-refractivity contribution in [3.8, 4) is 5.88 Å². The molecule has 2 rings (SSSR count). The Morgan fingerprint density at radius 1 is 1.09 bits per heavy atom. The Balaban J connectivity index is 2.11. The van der Waals surface area contributed by atoms with Gasteiger partial charge in [-0.1, -0.05) is 44.9 Å². The summed E-state index contributed by atoms with van der Waals surface area (Å²) in [6.07, 6.45) is 6.57. The summed E-state index contributed by atoms with van der Waals surface area (Å²) in [5.74, 6) is 0.628. The molecule has 0 bridgehead atoms. The number of aromatic nitrogens is 2. The molecule has 1 aromatic heterocycles. The molecule has 0 saturated carbocycles. The van der Waals surface area contributed by atoms with Crippen LogP contribution in [0.3, 0.4) is 0 Å². The number of nitrogens with zero attached hydrogens (tertiary/aromatic N) is 3. The Morgan fingerprint density at radius 3 is 2.45 bits per heavy atom. The Hall–Kier alpha value is -1.68. The van der Waals surface area contributed by atoms with E-state index in [0.29, 0.717) is 5.88 Å². The zero-order valence-electron chi connectivity index (χ0n) is 14.0. The molecule has 2 aromatic rings. The van der Waals surface area contributed by atoms with Gasteiger partial charge in [0.25, 0.3) is 0 Å². The molecule has 0 aliphatic carbocycles. The molecular formula is C18H27N3O. The molecule has 1 aromatic carbocycles. The predicted molar refractivity (Wildman–Crippen MR) is 91.0 cm³/mol. The zero-order valence-corrected chi connectivity index (χ0v) is 14.0. The highest BCUT2D eigenvalue weighted by Crippen LogP contribution is 2.23. The average Bonchev–Trinajstić information content (AvgIpc) is 2.55. The van der Waals surface area contributed by atoms with Gasteiger partial charge in [0, 0.05) is 23.9 Å². The van der Waals surface area contributed by atoms with Crippen molar-refractivity contribution < 1.29 is 4.74 Å². The Bertz CT molecular complexity index is 560. The third kappa shape index (κ3) is 4.41. The largest absolute Gasteiger partial charge is 0.457 e. The van der Waals surface area contributed by atoms with Crippen LogP contribution < -0.4 is 4.74 Å². The quantitative estimate of drug-likeness (QED) is 0.649. The van der Waals surface area contributed by atoms with Crippen LogP contribution in [0.2, 0.25) is 0 Å². The third-order valence-electron chi connectivity index (χ3n) is 3.93. The fourth-order valence-electron chi connectivity index (χ4n) is 2.52. The predicted octanol–water partition coefficient (Wildman–Crippen LogP) is 4.26. The summed E-state index contributed by atoms with van der Waals surface area (Å²) in [5.41, 5.74) is 0. The summed E-state index contributed by atoms with van der Waals surface area (Å²) in [4.78, 5) is 2.40. The van der Waals surface area contributed by atoms with Crippen molar-refractivity contribution in [2.45, 2.75) is 52.7 Å². The molecule has 1 heterocycles. The summed E-state index contributed by atoms with van der Waals surface area (Å²) in [5, 5.41) is 10.3. The van der Waals surface area contributed by atoms with Crippen LogP contribution in [0.5, 0.6) is 5.88 Å². The number of benzene rings is 1. The van der Waals surface area contributed by atoms with E-state index in [2.05, 4.69) is 35.9 Å². The first-order valence-electron chi connectivity index (χ1n) is 8.37. The van der Waals surface area contributed by atoms with E-state index in [-0.39, 0.29) is 6.23 Å². The van der Waals surface area contributed by atoms with Crippen LogP contribution in [-0.2, 0) is 0 Å². The molecule has 0 aliphatic heterocycles. The molecule has 4 nitrogen and oxygen atoms in total. The Labute approximate surface area is 133 Å². The lowest BCUT2D eigenvalue weighted by Gasteiger charge is -2.29. The van der Waals surface area contributed by atoms with Crippen LogP contribution in [0.15, 0.2) is 30.5 Å². The van der Waals surface area contributed by atoms with Crippen LogP contribution >= 0.6 is 0 Å². The lowest BCUT2D eigenvalue weighted by Crippen LogP contribution is -2.39. The highest BCUT2D eigenvalue weighted by Gasteiger charge is 2.16.